The lowest BCUT2D eigenvalue weighted by Gasteiger charge is -2.35. The van der Waals surface area contributed by atoms with E-state index in [1.165, 1.54) is 11.3 Å². The van der Waals surface area contributed by atoms with Gasteiger partial charge in [0.2, 0.25) is 5.91 Å². The van der Waals surface area contributed by atoms with Gasteiger partial charge in [0, 0.05) is 18.5 Å². The van der Waals surface area contributed by atoms with E-state index in [0.717, 1.165) is 36.6 Å². The van der Waals surface area contributed by atoms with Gasteiger partial charge in [-0.1, -0.05) is 0 Å². The molecule has 1 fully saturated rings. The number of rotatable bonds is 4. The normalized spacial score (nSPS) is 19.0. The van der Waals surface area contributed by atoms with Crippen LogP contribution in [0.1, 0.15) is 36.5 Å². The molecule has 1 aromatic heterocycles. The Kier molecular flexibility index (Phi) is 5.12. The smallest absolute Gasteiger partial charge is 0.228 e. The number of thiazole rings is 1. The SMILES string of the molecule is CC(N)c1nc(CC(=O)N(C)C2CCN(C)CC2)cs1. The van der Waals surface area contributed by atoms with Crippen LogP contribution < -0.4 is 5.73 Å². The highest BCUT2D eigenvalue weighted by Crippen LogP contribution is 2.18. The molecule has 0 saturated carbocycles. The van der Waals surface area contributed by atoms with Crippen LogP contribution in [0.2, 0.25) is 0 Å². The van der Waals surface area contributed by atoms with E-state index >= 15 is 0 Å². The average molecular weight is 296 g/mol. The minimum Gasteiger partial charge on any atom is -0.342 e. The molecule has 1 aliphatic rings. The summed E-state index contributed by atoms with van der Waals surface area (Å²) in [5.41, 5.74) is 6.64. The second-order valence-electron chi connectivity index (χ2n) is 5.68. The highest BCUT2D eigenvalue weighted by atomic mass is 32.1. The molecule has 0 spiro atoms. The van der Waals surface area contributed by atoms with Gasteiger partial charge in [0.1, 0.15) is 5.01 Å². The zero-order valence-corrected chi connectivity index (χ0v) is 13.3. The van der Waals surface area contributed by atoms with Crippen molar-refractivity contribution in [1.29, 1.82) is 0 Å². The number of hydrogen-bond donors (Lipinski definition) is 1. The molecule has 2 N–H and O–H groups in total. The number of carbonyl (C=O) groups is 1. The Hall–Kier alpha value is -0.980. The molecule has 2 heterocycles. The molecular weight excluding hydrogens is 272 g/mol. The van der Waals surface area contributed by atoms with Gasteiger partial charge in [-0.3, -0.25) is 4.79 Å². The summed E-state index contributed by atoms with van der Waals surface area (Å²) in [7, 11) is 4.04. The minimum atomic E-state index is -0.0598. The molecule has 1 aliphatic heterocycles. The van der Waals surface area contributed by atoms with E-state index in [-0.39, 0.29) is 11.9 Å². The monoisotopic (exact) mass is 296 g/mol. The van der Waals surface area contributed by atoms with Crippen molar-refractivity contribution < 1.29 is 4.79 Å². The van der Waals surface area contributed by atoms with E-state index in [9.17, 15) is 4.79 Å². The van der Waals surface area contributed by atoms with E-state index in [0.29, 0.717) is 12.5 Å². The number of nitrogens with two attached hydrogens (primary N) is 1. The van der Waals surface area contributed by atoms with Gasteiger partial charge in [-0.05, 0) is 39.9 Å². The number of likely N-dealkylation sites (tertiary alicyclic amines) is 1. The van der Waals surface area contributed by atoms with Crippen LogP contribution in [0.3, 0.4) is 0 Å². The number of amides is 1. The molecule has 0 aliphatic carbocycles. The molecule has 5 nitrogen and oxygen atoms in total. The van der Waals surface area contributed by atoms with Gasteiger partial charge < -0.3 is 15.5 Å². The van der Waals surface area contributed by atoms with Crippen LogP contribution in [0, 0.1) is 0 Å². The van der Waals surface area contributed by atoms with Gasteiger partial charge in [0.05, 0.1) is 18.2 Å². The summed E-state index contributed by atoms with van der Waals surface area (Å²) in [6, 6.07) is 0.306. The Bertz CT molecular complexity index is 452. The highest BCUT2D eigenvalue weighted by molar-refractivity contribution is 7.09. The first kappa shape index (κ1) is 15.4. The number of hydrogen-bond acceptors (Lipinski definition) is 5. The van der Waals surface area contributed by atoms with Gasteiger partial charge in [-0.2, -0.15) is 0 Å². The molecule has 1 amide bonds. The van der Waals surface area contributed by atoms with E-state index in [1.807, 2.05) is 24.3 Å². The van der Waals surface area contributed by atoms with Crippen molar-refractivity contribution in [3.8, 4) is 0 Å². The fraction of sp³-hybridized carbons (Fsp3) is 0.714. The Morgan fingerprint density at radius 3 is 2.80 bits per heavy atom. The molecule has 2 rings (SSSR count). The summed E-state index contributed by atoms with van der Waals surface area (Å²) < 4.78 is 0. The van der Waals surface area contributed by atoms with Crippen LogP contribution in [-0.2, 0) is 11.2 Å². The van der Waals surface area contributed by atoms with Crippen molar-refractivity contribution in [2.75, 3.05) is 27.2 Å². The topological polar surface area (TPSA) is 62.5 Å². The third kappa shape index (κ3) is 3.77. The first-order chi connectivity index (χ1) is 9.47. The molecule has 0 bridgehead atoms. The summed E-state index contributed by atoms with van der Waals surface area (Å²) in [5, 5.41) is 2.84. The van der Waals surface area contributed by atoms with E-state index in [2.05, 4.69) is 16.9 Å². The van der Waals surface area contributed by atoms with Crippen LogP contribution in [-0.4, -0.2) is 53.9 Å². The summed E-state index contributed by atoms with van der Waals surface area (Å²) >= 11 is 1.53. The molecule has 1 aromatic rings. The standard InChI is InChI=1S/C14H24N4OS/c1-10(15)14-16-11(9-20-14)8-13(19)18(3)12-4-6-17(2)7-5-12/h9-10,12H,4-8,15H2,1-3H3. The first-order valence-electron chi connectivity index (χ1n) is 7.11. The van der Waals surface area contributed by atoms with Crippen LogP contribution in [0.4, 0.5) is 0 Å². The van der Waals surface area contributed by atoms with Crippen molar-refractivity contribution >= 4 is 17.2 Å². The predicted octanol–water partition coefficient (Wildman–Crippen LogP) is 1.26. The lowest BCUT2D eigenvalue weighted by atomic mass is 10.0. The van der Waals surface area contributed by atoms with Crippen molar-refractivity contribution in [3.63, 3.8) is 0 Å². The minimum absolute atomic E-state index is 0.0598. The van der Waals surface area contributed by atoms with Crippen LogP contribution in [0.5, 0.6) is 0 Å². The lowest BCUT2D eigenvalue weighted by Crippen LogP contribution is -2.45. The van der Waals surface area contributed by atoms with E-state index < -0.39 is 0 Å². The zero-order valence-electron chi connectivity index (χ0n) is 12.5. The average Bonchev–Trinajstić information content (AvgIpc) is 2.87. The maximum absolute atomic E-state index is 12.3. The largest absolute Gasteiger partial charge is 0.342 e. The fourth-order valence-electron chi connectivity index (χ4n) is 2.48. The van der Waals surface area contributed by atoms with Crippen LogP contribution >= 0.6 is 11.3 Å². The van der Waals surface area contributed by atoms with Gasteiger partial charge in [-0.15, -0.1) is 11.3 Å². The van der Waals surface area contributed by atoms with E-state index in [4.69, 9.17) is 5.73 Å². The second kappa shape index (κ2) is 6.65. The second-order valence-corrected chi connectivity index (χ2v) is 6.57. The Morgan fingerprint density at radius 2 is 2.25 bits per heavy atom. The number of likely N-dealkylation sites (N-methyl/N-ethyl adjacent to an activating group) is 1. The molecule has 0 aromatic carbocycles. The molecule has 6 heteroatoms. The maximum Gasteiger partial charge on any atom is 0.228 e. The van der Waals surface area contributed by atoms with Crippen molar-refractivity contribution in [2.45, 2.75) is 38.3 Å². The molecule has 1 atom stereocenters. The highest BCUT2D eigenvalue weighted by Gasteiger charge is 2.24. The van der Waals surface area contributed by atoms with E-state index in [1.54, 1.807) is 0 Å². The van der Waals surface area contributed by atoms with Crippen LogP contribution in [0.15, 0.2) is 5.38 Å². The third-order valence-corrected chi connectivity index (χ3v) is 5.02. The summed E-state index contributed by atoms with van der Waals surface area (Å²) in [4.78, 5) is 21.0. The molecule has 20 heavy (non-hydrogen) atoms. The Balaban J connectivity index is 1.90. The molecular formula is C14H24N4OS. The van der Waals surface area contributed by atoms with Gasteiger partial charge in [0.15, 0.2) is 0 Å². The quantitative estimate of drug-likeness (QED) is 0.908. The first-order valence-corrected chi connectivity index (χ1v) is 7.99. The fourth-order valence-corrected chi connectivity index (χ4v) is 3.26. The summed E-state index contributed by atoms with van der Waals surface area (Å²) in [6.07, 6.45) is 2.49. The molecule has 112 valence electrons. The molecule has 1 saturated heterocycles. The Morgan fingerprint density at radius 1 is 1.60 bits per heavy atom. The summed E-state index contributed by atoms with van der Waals surface area (Å²) in [5.74, 6) is 0.154. The van der Waals surface area contributed by atoms with Gasteiger partial charge in [0.25, 0.3) is 0 Å². The number of piperidine rings is 1. The predicted molar refractivity (Wildman–Crippen MR) is 81.7 cm³/mol. The van der Waals surface area contributed by atoms with Crippen molar-refractivity contribution in [2.24, 2.45) is 5.73 Å². The molecule has 0 radical (unpaired) electrons. The Labute approximate surface area is 124 Å². The zero-order chi connectivity index (χ0) is 14.7. The number of aromatic nitrogens is 1. The molecule has 1 unspecified atom stereocenters. The lowest BCUT2D eigenvalue weighted by molar-refractivity contribution is -0.132. The summed E-state index contributed by atoms with van der Waals surface area (Å²) in [6.45, 7) is 4.04. The third-order valence-electron chi connectivity index (χ3n) is 3.92. The van der Waals surface area contributed by atoms with Crippen LogP contribution in [0.25, 0.3) is 0 Å². The van der Waals surface area contributed by atoms with Gasteiger partial charge >= 0.3 is 0 Å². The van der Waals surface area contributed by atoms with Crippen molar-refractivity contribution in [3.05, 3.63) is 16.1 Å². The van der Waals surface area contributed by atoms with Crippen molar-refractivity contribution in [1.82, 2.24) is 14.8 Å². The maximum atomic E-state index is 12.3. The number of carbonyl (C=O) groups excluding carboxylic acids is 1. The van der Waals surface area contributed by atoms with Gasteiger partial charge in [-0.25, -0.2) is 4.98 Å². The number of nitrogens with zero attached hydrogens (tertiary/aromatic N) is 3.